The van der Waals surface area contributed by atoms with Crippen molar-refractivity contribution >= 4 is 21.4 Å². The minimum Gasteiger partial charge on any atom is -0.475 e. The van der Waals surface area contributed by atoms with Crippen molar-refractivity contribution in [1.82, 2.24) is 19.6 Å². The third kappa shape index (κ3) is 3.45. The Morgan fingerprint density at radius 2 is 2.08 bits per heavy atom. The summed E-state index contributed by atoms with van der Waals surface area (Å²) in [7, 11) is 0. The van der Waals surface area contributed by atoms with Gasteiger partial charge < -0.3 is 10.1 Å². The monoisotopic (exact) mass is 357 g/mol. The van der Waals surface area contributed by atoms with Crippen LogP contribution in [0.2, 0.25) is 0 Å². The SMILES string of the molecule is O=c1ccnc2sc(NCCOc3ncccc3C(F)(F)F)nn12. The van der Waals surface area contributed by atoms with E-state index >= 15 is 0 Å². The van der Waals surface area contributed by atoms with Gasteiger partial charge >= 0.3 is 6.18 Å². The van der Waals surface area contributed by atoms with E-state index in [4.69, 9.17) is 4.74 Å². The van der Waals surface area contributed by atoms with E-state index in [0.717, 1.165) is 21.9 Å². The number of pyridine rings is 1. The van der Waals surface area contributed by atoms with Crippen LogP contribution in [0.5, 0.6) is 5.88 Å². The van der Waals surface area contributed by atoms with E-state index in [1.165, 1.54) is 24.5 Å². The smallest absolute Gasteiger partial charge is 0.421 e. The molecule has 0 spiro atoms. The van der Waals surface area contributed by atoms with Crippen molar-refractivity contribution in [2.24, 2.45) is 0 Å². The molecule has 3 heterocycles. The zero-order valence-electron chi connectivity index (χ0n) is 11.9. The quantitative estimate of drug-likeness (QED) is 0.704. The van der Waals surface area contributed by atoms with Crippen molar-refractivity contribution in [1.29, 1.82) is 0 Å². The van der Waals surface area contributed by atoms with E-state index in [0.29, 0.717) is 10.1 Å². The molecule has 0 aliphatic carbocycles. The van der Waals surface area contributed by atoms with Crippen LogP contribution in [0.25, 0.3) is 4.96 Å². The molecule has 11 heteroatoms. The van der Waals surface area contributed by atoms with Crippen LogP contribution >= 0.6 is 11.3 Å². The first-order chi connectivity index (χ1) is 11.4. The average Bonchev–Trinajstić information content (AvgIpc) is 2.95. The second kappa shape index (κ2) is 6.43. The standard InChI is InChI=1S/C13H10F3N5O2S/c14-13(15,16)8-2-1-4-17-10(8)23-7-6-18-11-20-21-9(22)3-5-19-12(21)24-11/h1-5H,6-7H2,(H,18,20). The predicted octanol–water partition coefficient (Wildman–Crippen LogP) is 2.06. The van der Waals surface area contributed by atoms with Crippen LogP contribution in [0.3, 0.4) is 0 Å². The molecule has 0 saturated heterocycles. The highest BCUT2D eigenvalue weighted by atomic mass is 32.1. The molecular formula is C13H10F3N5O2S. The maximum atomic E-state index is 12.8. The van der Waals surface area contributed by atoms with E-state index in [2.05, 4.69) is 20.4 Å². The lowest BCUT2D eigenvalue weighted by Crippen LogP contribution is -2.16. The highest BCUT2D eigenvalue weighted by molar-refractivity contribution is 7.20. The fourth-order valence-corrected chi connectivity index (χ4v) is 2.64. The van der Waals surface area contributed by atoms with Gasteiger partial charge in [-0.05, 0) is 12.1 Å². The van der Waals surface area contributed by atoms with Gasteiger partial charge in [-0.25, -0.2) is 9.97 Å². The van der Waals surface area contributed by atoms with Crippen LogP contribution in [-0.4, -0.2) is 32.7 Å². The predicted molar refractivity (Wildman–Crippen MR) is 80.4 cm³/mol. The van der Waals surface area contributed by atoms with Crippen molar-refractivity contribution in [3.8, 4) is 5.88 Å². The lowest BCUT2D eigenvalue weighted by atomic mass is 10.2. The Bertz CT molecular complexity index is 908. The number of hydrogen-bond acceptors (Lipinski definition) is 7. The molecular weight excluding hydrogens is 347 g/mol. The molecule has 7 nitrogen and oxygen atoms in total. The summed E-state index contributed by atoms with van der Waals surface area (Å²) in [5.41, 5.74) is -1.25. The number of nitrogens with one attached hydrogen (secondary N) is 1. The highest BCUT2D eigenvalue weighted by Gasteiger charge is 2.34. The number of halogens is 3. The van der Waals surface area contributed by atoms with Gasteiger partial charge in [0.25, 0.3) is 5.56 Å². The number of hydrogen-bond donors (Lipinski definition) is 1. The molecule has 3 aromatic rings. The van der Waals surface area contributed by atoms with Gasteiger partial charge in [0.15, 0.2) is 0 Å². The topological polar surface area (TPSA) is 81.4 Å². The van der Waals surface area contributed by atoms with E-state index in [1.54, 1.807) is 0 Å². The molecule has 0 amide bonds. The Kier molecular flexibility index (Phi) is 4.34. The molecule has 0 fully saturated rings. The molecule has 3 aromatic heterocycles. The van der Waals surface area contributed by atoms with E-state index < -0.39 is 17.6 Å². The molecule has 24 heavy (non-hydrogen) atoms. The Labute approximate surface area is 136 Å². The lowest BCUT2D eigenvalue weighted by Gasteiger charge is -2.12. The summed E-state index contributed by atoms with van der Waals surface area (Å²) in [4.78, 5) is 19.5. The molecule has 1 N–H and O–H groups in total. The maximum Gasteiger partial charge on any atom is 0.421 e. The minimum absolute atomic E-state index is 0.0572. The summed E-state index contributed by atoms with van der Waals surface area (Å²) < 4.78 is 44.6. The van der Waals surface area contributed by atoms with Crippen molar-refractivity contribution < 1.29 is 17.9 Å². The van der Waals surface area contributed by atoms with Gasteiger partial charge in [-0.1, -0.05) is 11.3 Å². The number of alkyl halides is 3. The van der Waals surface area contributed by atoms with Crippen molar-refractivity contribution in [3.63, 3.8) is 0 Å². The van der Waals surface area contributed by atoms with Gasteiger partial charge in [0.2, 0.25) is 16.0 Å². The number of rotatable bonds is 5. The van der Waals surface area contributed by atoms with E-state index in [1.807, 2.05) is 0 Å². The third-order valence-electron chi connectivity index (χ3n) is 2.86. The van der Waals surface area contributed by atoms with Gasteiger partial charge in [-0.3, -0.25) is 4.79 Å². The van der Waals surface area contributed by atoms with Crippen LogP contribution in [-0.2, 0) is 6.18 Å². The Balaban J connectivity index is 1.61. The summed E-state index contributed by atoms with van der Waals surface area (Å²) in [5.74, 6) is -0.478. The number of aromatic nitrogens is 4. The van der Waals surface area contributed by atoms with Crippen LogP contribution in [0.1, 0.15) is 5.56 Å². The fraction of sp³-hybridized carbons (Fsp3) is 0.231. The molecule has 0 atom stereocenters. The number of nitrogens with zero attached hydrogens (tertiary/aromatic N) is 4. The van der Waals surface area contributed by atoms with Gasteiger partial charge in [0, 0.05) is 18.5 Å². The van der Waals surface area contributed by atoms with Gasteiger partial charge in [-0.2, -0.15) is 17.7 Å². The summed E-state index contributed by atoms with van der Waals surface area (Å²) in [5, 5.41) is 7.28. The van der Waals surface area contributed by atoms with Crippen LogP contribution < -0.4 is 15.6 Å². The van der Waals surface area contributed by atoms with Crippen LogP contribution in [0.15, 0.2) is 35.4 Å². The van der Waals surface area contributed by atoms with Gasteiger partial charge in [-0.15, -0.1) is 5.10 Å². The third-order valence-corrected chi connectivity index (χ3v) is 3.74. The lowest BCUT2D eigenvalue weighted by molar-refractivity contribution is -0.139. The molecule has 3 rings (SSSR count). The minimum atomic E-state index is -4.53. The largest absolute Gasteiger partial charge is 0.475 e. The summed E-state index contributed by atoms with van der Waals surface area (Å²) in [6.07, 6.45) is -1.93. The first-order valence-corrected chi connectivity index (χ1v) is 7.50. The van der Waals surface area contributed by atoms with E-state index in [-0.39, 0.29) is 18.7 Å². The first kappa shape index (κ1) is 16.2. The Hall–Kier alpha value is -2.69. The van der Waals surface area contributed by atoms with Crippen molar-refractivity contribution in [2.45, 2.75) is 6.18 Å². The highest BCUT2D eigenvalue weighted by Crippen LogP contribution is 2.34. The molecule has 0 bridgehead atoms. The average molecular weight is 357 g/mol. The second-order valence-electron chi connectivity index (χ2n) is 4.51. The van der Waals surface area contributed by atoms with Crippen molar-refractivity contribution in [2.75, 3.05) is 18.5 Å². The van der Waals surface area contributed by atoms with Crippen molar-refractivity contribution in [3.05, 3.63) is 46.5 Å². The second-order valence-corrected chi connectivity index (χ2v) is 5.47. The normalized spacial score (nSPS) is 11.6. The molecule has 0 aliphatic rings. The van der Waals surface area contributed by atoms with Crippen LogP contribution in [0.4, 0.5) is 18.3 Å². The Morgan fingerprint density at radius 1 is 1.25 bits per heavy atom. The molecule has 126 valence electrons. The summed E-state index contributed by atoms with van der Waals surface area (Å²) in [6.45, 7) is 0.126. The molecule has 0 aromatic carbocycles. The molecule has 0 saturated carbocycles. The zero-order valence-corrected chi connectivity index (χ0v) is 12.8. The molecule has 0 radical (unpaired) electrons. The summed E-state index contributed by atoms with van der Waals surface area (Å²) >= 11 is 1.14. The number of ether oxygens (including phenoxy) is 1. The van der Waals surface area contributed by atoms with E-state index in [9.17, 15) is 18.0 Å². The molecule has 0 unspecified atom stereocenters. The zero-order chi connectivity index (χ0) is 17.2. The Morgan fingerprint density at radius 3 is 2.83 bits per heavy atom. The van der Waals surface area contributed by atoms with Gasteiger partial charge in [0.1, 0.15) is 12.2 Å². The first-order valence-electron chi connectivity index (χ1n) is 6.69. The number of fused-ring (bicyclic) bond motifs is 1. The summed E-state index contributed by atoms with van der Waals surface area (Å²) in [6, 6.07) is 3.38. The number of anilines is 1. The fourth-order valence-electron chi connectivity index (χ4n) is 1.84. The van der Waals surface area contributed by atoms with Crippen LogP contribution in [0, 0.1) is 0 Å². The molecule has 0 aliphatic heterocycles. The maximum absolute atomic E-state index is 12.8. The van der Waals surface area contributed by atoms with Gasteiger partial charge in [0.05, 0.1) is 6.54 Å².